The van der Waals surface area contributed by atoms with E-state index >= 15 is 0 Å². The maximum atomic E-state index is 12.4. The SMILES string of the molecule is COC(=O)c1ccc(S(=O)(=O)NCCn2nc(C)c(-c3ccco3)c2C)cc1. The van der Waals surface area contributed by atoms with E-state index in [0.29, 0.717) is 6.54 Å². The van der Waals surface area contributed by atoms with Crippen LogP contribution in [0.3, 0.4) is 0 Å². The topological polar surface area (TPSA) is 103 Å². The van der Waals surface area contributed by atoms with E-state index in [0.717, 1.165) is 22.7 Å². The van der Waals surface area contributed by atoms with Crippen LogP contribution in [0.2, 0.25) is 0 Å². The second kappa shape index (κ2) is 7.99. The van der Waals surface area contributed by atoms with Gasteiger partial charge >= 0.3 is 5.97 Å². The van der Waals surface area contributed by atoms with Crippen molar-refractivity contribution in [1.29, 1.82) is 0 Å². The van der Waals surface area contributed by atoms with E-state index in [4.69, 9.17) is 4.42 Å². The number of nitrogens with zero attached hydrogens (tertiary/aromatic N) is 2. The van der Waals surface area contributed by atoms with Crippen molar-refractivity contribution in [2.75, 3.05) is 13.7 Å². The molecule has 0 bridgehead atoms. The zero-order valence-corrected chi connectivity index (χ0v) is 16.6. The van der Waals surface area contributed by atoms with Gasteiger partial charge in [-0.3, -0.25) is 4.68 Å². The Morgan fingerprint density at radius 3 is 2.54 bits per heavy atom. The van der Waals surface area contributed by atoms with E-state index < -0.39 is 16.0 Å². The molecule has 9 heteroatoms. The molecule has 3 rings (SSSR count). The van der Waals surface area contributed by atoms with Crippen molar-refractivity contribution in [1.82, 2.24) is 14.5 Å². The maximum Gasteiger partial charge on any atom is 0.337 e. The molecule has 0 amide bonds. The Kier molecular flexibility index (Phi) is 5.66. The highest BCUT2D eigenvalue weighted by Gasteiger charge is 2.17. The quantitative estimate of drug-likeness (QED) is 0.608. The smallest absolute Gasteiger partial charge is 0.337 e. The van der Waals surface area contributed by atoms with Crippen LogP contribution in [0, 0.1) is 13.8 Å². The van der Waals surface area contributed by atoms with Gasteiger partial charge in [0.15, 0.2) is 0 Å². The summed E-state index contributed by atoms with van der Waals surface area (Å²) < 4.78 is 39.2. The number of hydrogen-bond donors (Lipinski definition) is 1. The van der Waals surface area contributed by atoms with Crippen LogP contribution in [0.5, 0.6) is 0 Å². The molecule has 2 aromatic heterocycles. The molecule has 0 unspecified atom stereocenters. The molecule has 0 aliphatic heterocycles. The van der Waals surface area contributed by atoms with Crippen molar-refractivity contribution >= 4 is 16.0 Å². The number of aryl methyl sites for hydroxylation is 1. The van der Waals surface area contributed by atoms with Gasteiger partial charge in [0.2, 0.25) is 10.0 Å². The number of ether oxygens (including phenoxy) is 1. The molecule has 2 heterocycles. The van der Waals surface area contributed by atoms with E-state index in [1.165, 1.54) is 31.4 Å². The van der Waals surface area contributed by atoms with Crippen LogP contribution in [0.4, 0.5) is 0 Å². The Bertz CT molecular complexity index is 1070. The lowest BCUT2D eigenvalue weighted by atomic mass is 10.1. The second-order valence-corrected chi connectivity index (χ2v) is 7.93. The number of aromatic nitrogens is 2. The average Bonchev–Trinajstić information content (AvgIpc) is 3.29. The third kappa shape index (κ3) is 4.00. The summed E-state index contributed by atoms with van der Waals surface area (Å²) in [5.74, 6) is 0.210. The highest BCUT2D eigenvalue weighted by Crippen LogP contribution is 2.27. The fraction of sp³-hybridized carbons (Fsp3) is 0.263. The van der Waals surface area contributed by atoms with Crippen molar-refractivity contribution in [2.45, 2.75) is 25.3 Å². The first-order valence-electron chi connectivity index (χ1n) is 8.59. The van der Waals surface area contributed by atoms with E-state index in [1.807, 2.05) is 26.0 Å². The predicted octanol–water partition coefficient (Wildman–Crippen LogP) is 2.53. The van der Waals surface area contributed by atoms with Crippen LogP contribution in [0.15, 0.2) is 52.0 Å². The summed E-state index contributed by atoms with van der Waals surface area (Å²) in [5, 5.41) is 4.47. The van der Waals surface area contributed by atoms with Crippen molar-refractivity contribution in [3.8, 4) is 11.3 Å². The van der Waals surface area contributed by atoms with Gasteiger partial charge in [-0.2, -0.15) is 5.10 Å². The molecule has 0 aliphatic rings. The fourth-order valence-electron chi connectivity index (χ4n) is 2.95. The molecule has 28 heavy (non-hydrogen) atoms. The van der Waals surface area contributed by atoms with Gasteiger partial charge in [-0.05, 0) is 50.2 Å². The van der Waals surface area contributed by atoms with E-state index in [9.17, 15) is 13.2 Å². The molecular weight excluding hydrogens is 382 g/mol. The number of carbonyl (C=O) groups is 1. The molecule has 148 valence electrons. The number of sulfonamides is 1. The van der Waals surface area contributed by atoms with Crippen LogP contribution in [-0.4, -0.2) is 37.8 Å². The molecule has 1 aromatic carbocycles. The molecule has 0 radical (unpaired) electrons. The van der Waals surface area contributed by atoms with Crippen molar-refractivity contribution < 1.29 is 22.4 Å². The van der Waals surface area contributed by atoms with E-state index in [-0.39, 0.29) is 17.0 Å². The van der Waals surface area contributed by atoms with Gasteiger partial charge in [-0.1, -0.05) is 0 Å². The number of rotatable bonds is 7. The van der Waals surface area contributed by atoms with Crippen LogP contribution in [0.25, 0.3) is 11.3 Å². The molecule has 3 aromatic rings. The summed E-state index contributed by atoms with van der Waals surface area (Å²) in [5.41, 5.74) is 2.91. The first-order chi connectivity index (χ1) is 13.3. The van der Waals surface area contributed by atoms with Gasteiger partial charge < -0.3 is 9.15 Å². The number of nitrogens with one attached hydrogen (secondary N) is 1. The molecule has 0 saturated heterocycles. The molecule has 0 aliphatic carbocycles. The maximum absolute atomic E-state index is 12.4. The Morgan fingerprint density at radius 1 is 1.21 bits per heavy atom. The van der Waals surface area contributed by atoms with Gasteiger partial charge in [-0.25, -0.2) is 17.9 Å². The molecule has 8 nitrogen and oxygen atoms in total. The lowest BCUT2D eigenvalue weighted by Gasteiger charge is -2.09. The highest BCUT2D eigenvalue weighted by atomic mass is 32.2. The van der Waals surface area contributed by atoms with Crippen LogP contribution in [0.1, 0.15) is 21.7 Å². The van der Waals surface area contributed by atoms with Crippen molar-refractivity contribution in [3.63, 3.8) is 0 Å². The number of furan rings is 1. The summed E-state index contributed by atoms with van der Waals surface area (Å²) >= 11 is 0. The van der Waals surface area contributed by atoms with Gasteiger partial charge in [0, 0.05) is 12.2 Å². The van der Waals surface area contributed by atoms with Crippen molar-refractivity contribution in [2.24, 2.45) is 0 Å². The van der Waals surface area contributed by atoms with Gasteiger partial charge in [0.25, 0.3) is 0 Å². The first kappa shape index (κ1) is 19.8. The lowest BCUT2D eigenvalue weighted by molar-refractivity contribution is 0.0600. The summed E-state index contributed by atoms with van der Waals surface area (Å²) in [4.78, 5) is 11.5. The molecule has 1 N–H and O–H groups in total. The standard InChI is InChI=1S/C19H21N3O5S/c1-13-18(17-5-4-12-27-17)14(2)22(21-13)11-10-20-28(24,25)16-8-6-15(7-9-16)19(23)26-3/h4-9,12,20H,10-11H2,1-3H3. The summed E-state index contributed by atoms with van der Waals surface area (Å²) in [6, 6.07) is 9.24. The minimum absolute atomic E-state index is 0.0739. The summed E-state index contributed by atoms with van der Waals surface area (Å²) in [7, 11) is -2.43. The van der Waals surface area contributed by atoms with E-state index in [2.05, 4.69) is 14.6 Å². The van der Waals surface area contributed by atoms with Crippen LogP contribution < -0.4 is 4.72 Å². The molecule has 0 fully saturated rings. The average molecular weight is 403 g/mol. The zero-order valence-electron chi connectivity index (χ0n) is 15.8. The third-order valence-corrected chi connectivity index (χ3v) is 5.83. The number of benzene rings is 1. The van der Waals surface area contributed by atoms with Crippen LogP contribution in [-0.2, 0) is 21.3 Å². The monoisotopic (exact) mass is 403 g/mol. The summed E-state index contributed by atoms with van der Waals surface area (Å²) in [6.07, 6.45) is 1.60. The predicted molar refractivity (Wildman–Crippen MR) is 102 cm³/mol. The van der Waals surface area contributed by atoms with Crippen LogP contribution >= 0.6 is 0 Å². The van der Waals surface area contributed by atoms with E-state index in [1.54, 1.807) is 10.9 Å². The van der Waals surface area contributed by atoms with Gasteiger partial charge in [-0.15, -0.1) is 0 Å². The minimum atomic E-state index is -3.70. The molecule has 0 atom stereocenters. The second-order valence-electron chi connectivity index (χ2n) is 6.16. The first-order valence-corrected chi connectivity index (χ1v) is 10.1. The summed E-state index contributed by atoms with van der Waals surface area (Å²) in [6.45, 7) is 4.33. The largest absolute Gasteiger partial charge is 0.465 e. The van der Waals surface area contributed by atoms with Gasteiger partial charge in [0.1, 0.15) is 5.76 Å². The van der Waals surface area contributed by atoms with Crippen molar-refractivity contribution in [3.05, 3.63) is 59.6 Å². The molecule has 0 saturated carbocycles. The number of esters is 1. The molecular formula is C19H21N3O5S. The lowest BCUT2D eigenvalue weighted by Crippen LogP contribution is -2.28. The number of methoxy groups -OCH3 is 1. The molecule has 0 spiro atoms. The fourth-order valence-corrected chi connectivity index (χ4v) is 3.97. The normalized spacial score (nSPS) is 11.5. The Hall–Kier alpha value is -2.91. The highest BCUT2D eigenvalue weighted by molar-refractivity contribution is 7.89. The third-order valence-electron chi connectivity index (χ3n) is 4.35. The minimum Gasteiger partial charge on any atom is -0.465 e. The zero-order chi connectivity index (χ0) is 20.3. The Balaban J connectivity index is 1.68. The van der Waals surface area contributed by atoms with Gasteiger partial charge in [0.05, 0.1) is 41.6 Å². The number of carbonyl (C=O) groups excluding carboxylic acids is 1. The Labute approximate surface area is 163 Å². The Morgan fingerprint density at radius 2 is 1.93 bits per heavy atom. The number of hydrogen-bond acceptors (Lipinski definition) is 6.